The van der Waals surface area contributed by atoms with Gasteiger partial charge in [0.05, 0.1) is 16.0 Å². The number of hydrogen-bond acceptors (Lipinski definition) is 5. The minimum Gasteiger partial charge on any atom is -0.340 e. The first-order valence-electron chi connectivity index (χ1n) is 7.57. The van der Waals surface area contributed by atoms with Crippen LogP contribution in [0, 0.1) is 10.1 Å². The van der Waals surface area contributed by atoms with Crippen LogP contribution in [0.1, 0.15) is 19.9 Å². The third kappa shape index (κ3) is 2.52. The van der Waals surface area contributed by atoms with Crippen molar-refractivity contribution < 1.29 is 4.92 Å². The van der Waals surface area contributed by atoms with Crippen molar-refractivity contribution in [2.45, 2.75) is 19.9 Å². The Hall–Kier alpha value is -2.15. The number of imidazole rings is 1. The first-order valence-corrected chi connectivity index (χ1v) is 7.57. The lowest BCUT2D eigenvalue weighted by Gasteiger charge is -2.34. The lowest BCUT2D eigenvalue weighted by atomic mass is 10.2. The Balaban J connectivity index is 2.09. The monoisotopic (exact) mass is 303 g/mol. The number of nitro benzene ring substituents is 1. The number of anilines is 1. The number of nitro groups is 1. The van der Waals surface area contributed by atoms with Crippen LogP contribution in [0.5, 0.6) is 0 Å². The zero-order chi connectivity index (χ0) is 15.9. The molecule has 1 fully saturated rings. The molecule has 2 heterocycles. The second-order valence-corrected chi connectivity index (χ2v) is 6.10. The van der Waals surface area contributed by atoms with Gasteiger partial charge in [0.1, 0.15) is 0 Å². The summed E-state index contributed by atoms with van der Waals surface area (Å²) in [6, 6.07) is 5.09. The standard InChI is InChI=1S/C15H21N5O2/c1-11(2)19-14-10-12(20(21)22)4-5-13(14)16-15(19)18-8-6-17(3)7-9-18/h4-5,10-11H,6-9H2,1-3H3. The number of hydrogen-bond donors (Lipinski definition) is 0. The van der Waals surface area contributed by atoms with Crippen molar-refractivity contribution in [3.8, 4) is 0 Å². The van der Waals surface area contributed by atoms with Gasteiger partial charge in [0.2, 0.25) is 5.95 Å². The van der Waals surface area contributed by atoms with Crippen LogP contribution in [0.3, 0.4) is 0 Å². The summed E-state index contributed by atoms with van der Waals surface area (Å²) in [5.41, 5.74) is 1.76. The molecule has 7 heteroatoms. The van der Waals surface area contributed by atoms with E-state index < -0.39 is 0 Å². The number of aromatic nitrogens is 2. The first kappa shape index (κ1) is 14.8. The van der Waals surface area contributed by atoms with E-state index in [1.54, 1.807) is 12.1 Å². The Kier molecular flexibility index (Phi) is 3.74. The van der Waals surface area contributed by atoms with Gasteiger partial charge in [0.15, 0.2) is 0 Å². The highest BCUT2D eigenvalue weighted by Gasteiger charge is 2.23. The summed E-state index contributed by atoms with van der Waals surface area (Å²) in [5, 5.41) is 11.0. The fourth-order valence-electron chi connectivity index (χ4n) is 2.92. The summed E-state index contributed by atoms with van der Waals surface area (Å²) in [6.07, 6.45) is 0. The van der Waals surface area contributed by atoms with Crippen LogP contribution in [-0.4, -0.2) is 52.6 Å². The second-order valence-electron chi connectivity index (χ2n) is 6.10. The summed E-state index contributed by atoms with van der Waals surface area (Å²) >= 11 is 0. The number of rotatable bonds is 3. The quantitative estimate of drug-likeness (QED) is 0.643. The largest absolute Gasteiger partial charge is 0.340 e. The molecule has 118 valence electrons. The molecule has 3 rings (SSSR count). The van der Waals surface area contributed by atoms with E-state index in [1.807, 2.05) is 0 Å². The van der Waals surface area contributed by atoms with Crippen LogP contribution in [0.4, 0.5) is 11.6 Å². The van der Waals surface area contributed by atoms with Crippen molar-refractivity contribution in [3.05, 3.63) is 28.3 Å². The molecular formula is C15H21N5O2. The van der Waals surface area contributed by atoms with Crippen molar-refractivity contribution >= 4 is 22.7 Å². The fraction of sp³-hybridized carbons (Fsp3) is 0.533. The molecule has 2 aromatic rings. The smallest absolute Gasteiger partial charge is 0.271 e. The molecule has 0 aliphatic carbocycles. The van der Waals surface area contributed by atoms with Gasteiger partial charge in [-0.15, -0.1) is 0 Å². The Labute approximate surface area is 129 Å². The molecule has 1 aliphatic heterocycles. The van der Waals surface area contributed by atoms with Crippen LogP contribution in [-0.2, 0) is 0 Å². The van der Waals surface area contributed by atoms with Gasteiger partial charge in [0, 0.05) is 44.4 Å². The van der Waals surface area contributed by atoms with E-state index in [4.69, 9.17) is 4.98 Å². The molecule has 22 heavy (non-hydrogen) atoms. The van der Waals surface area contributed by atoms with Crippen molar-refractivity contribution in [1.82, 2.24) is 14.5 Å². The molecule has 7 nitrogen and oxygen atoms in total. The number of likely N-dealkylation sites (N-methyl/N-ethyl adjacent to an activating group) is 1. The van der Waals surface area contributed by atoms with Crippen LogP contribution in [0.2, 0.25) is 0 Å². The van der Waals surface area contributed by atoms with Crippen molar-refractivity contribution in [1.29, 1.82) is 0 Å². The summed E-state index contributed by atoms with van der Waals surface area (Å²) < 4.78 is 2.10. The number of non-ortho nitro benzene ring substituents is 1. The highest BCUT2D eigenvalue weighted by atomic mass is 16.6. The van der Waals surface area contributed by atoms with Crippen LogP contribution in [0.25, 0.3) is 11.0 Å². The predicted molar refractivity (Wildman–Crippen MR) is 86.5 cm³/mol. The molecule has 0 bridgehead atoms. The van der Waals surface area contributed by atoms with Gasteiger partial charge in [-0.05, 0) is 27.0 Å². The molecular weight excluding hydrogens is 282 g/mol. The maximum Gasteiger partial charge on any atom is 0.271 e. The average molecular weight is 303 g/mol. The molecule has 0 amide bonds. The summed E-state index contributed by atoms with van der Waals surface area (Å²) in [6.45, 7) is 8.02. The van der Waals surface area contributed by atoms with E-state index in [0.717, 1.165) is 43.2 Å². The van der Waals surface area contributed by atoms with E-state index in [2.05, 4.69) is 35.3 Å². The van der Waals surface area contributed by atoms with E-state index >= 15 is 0 Å². The van der Waals surface area contributed by atoms with Crippen molar-refractivity contribution in [3.63, 3.8) is 0 Å². The maximum atomic E-state index is 11.0. The molecule has 1 aliphatic rings. The topological polar surface area (TPSA) is 67.4 Å². The second kappa shape index (κ2) is 5.57. The average Bonchev–Trinajstić information content (AvgIpc) is 2.86. The Morgan fingerprint density at radius 1 is 1.23 bits per heavy atom. The van der Waals surface area contributed by atoms with Gasteiger partial charge in [-0.1, -0.05) is 0 Å². The highest BCUT2D eigenvalue weighted by molar-refractivity contribution is 5.81. The third-order valence-corrected chi connectivity index (χ3v) is 4.17. The minimum absolute atomic E-state index is 0.110. The Morgan fingerprint density at radius 2 is 1.91 bits per heavy atom. The zero-order valence-corrected chi connectivity index (χ0v) is 13.2. The summed E-state index contributed by atoms with van der Waals surface area (Å²) in [4.78, 5) is 20.0. The molecule has 1 saturated heterocycles. The summed E-state index contributed by atoms with van der Waals surface area (Å²) in [5.74, 6) is 0.915. The van der Waals surface area contributed by atoms with Crippen LogP contribution in [0.15, 0.2) is 18.2 Å². The molecule has 0 atom stereocenters. The lowest BCUT2D eigenvalue weighted by Crippen LogP contribution is -2.45. The Morgan fingerprint density at radius 3 is 2.50 bits per heavy atom. The van der Waals surface area contributed by atoms with E-state index in [0.29, 0.717) is 0 Å². The van der Waals surface area contributed by atoms with Crippen LogP contribution < -0.4 is 4.90 Å². The number of benzene rings is 1. The van der Waals surface area contributed by atoms with Crippen LogP contribution >= 0.6 is 0 Å². The highest BCUT2D eigenvalue weighted by Crippen LogP contribution is 2.29. The predicted octanol–water partition coefficient (Wildman–Crippen LogP) is 2.28. The van der Waals surface area contributed by atoms with E-state index in [-0.39, 0.29) is 16.7 Å². The minimum atomic E-state index is -0.355. The van der Waals surface area contributed by atoms with Crippen molar-refractivity contribution in [2.24, 2.45) is 0 Å². The first-order chi connectivity index (χ1) is 10.5. The number of fused-ring (bicyclic) bond motifs is 1. The molecule has 1 aromatic heterocycles. The van der Waals surface area contributed by atoms with Crippen molar-refractivity contribution in [2.75, 3.05) is 38.1 Å². The number of piperazine rings is 1. The lowest BCUT2D eigenvalue weighted by molar-refractivity contribution is -0.384. The SMILES string of the molecule is CC(C)n1c(N2CCN(C)CC2)nc2ccc([N+](=O)[O-])cc21. The van der Waals surface area contributed by atoms with Gasteiger partial charge in [0.25, 0.3) is 5.69 Å². The number of nitrogens with zero attached hydrogens (tertiary/aromatic N) is 5. The Bertz CT molecular complexity index is 701. The van der Waals surface area contributed by atoms with Gasteiger partial charge in [-0.25, -0.2) is 4.98 Å². The molecule has 0 radical (unpaired) electrons. The third-order valence-electron chi connectivity index (χ3n) is 4.17. The zero-order valence-electron chi connectivity index (χ0n) is 13.2. The molecule has 1 aromatic carbocycles. The van der Waals surface area contributed by atoms with Gasteiger partial charge in [-0.2, -0.15) is 0 Å². The van der Waals surface area contributed by atoms with E-state index in [9.17, 15) is 10.1 Å². The maximum absolute atomic E-state index is 11.0. The van der Waals surface area contributed by atoms with Gasteiger partial charge in [-0.3, -0.25) is 10.1 Å². The van der Waals surface area contributed by atoms with Gasteiger partial charge >= 0.3 is 0 Å². The summed E-state index contributed by atoms with van der Waals surface area (Å²) in [7, 11) is 2.12. The normalized spacial score (nSPS) is 16.6. The van der Waals surface area contributed by atoms with Gasteiger partial charge < -0.3 is 14.4 Å². The fourth-order valence-corrected chi connectivity index (χ4v) is 2.92. The molecule has 0 unspecified atom stereocenters. The molecule has 0 N–H and O–H groups in total. The van der Waals surface area contributed by atoms with E-state index in [1.165, 1.54) is 6.07 Å². The molecule has 0 saturated carbocycles. The molecule has 0 spiro atoms.